The summed E-state index contributed by atoms with van der Waals surface area (Å²) in [5, 5.41) is 11.9. The Morgan fingerprint density at radius 3 is 2.41 bits per heavy atom. The lowest BCUT2D eigenvalue weighted by Crippen LogP contribution is -2.35. The van der Waals surface area contributed by atoms with E-state index in [0.717, 1.165) is 5.56 Å². The van der Waals surface area contributed by atoms with Gasteiger partial charge in [-0.05, 0) is 68.4 Å². The monoisotopic (exact) mass is 504 g/mol. The van der Waals surface area contributed by atoms with Gasteiger partial charge in [-0.1, -0.05) is 43.1 Å². The van der Waals surface area contributed by atoms with E-state index in [1.807, 2.05) is 25.9 Å². The molecule has 0 unspecified atom stereocenters. The zero-order valence-corrected chi connectivity index (χ0v) is 21.6. The highest BCUT2D eigenvalue weighted by atomic mass is 35.5. The van der Waals surface area contributed by atoms with Gasteiger partial charge in [0.25, 0.3) is 11.7 Å². The molecule has 182 valence electrons. The highest BCUT2D eigenvalue weighted by Crippen LogP contribution is 2.41. The SMILES string of the molecule is Cc1cc(C(O)=C2C(=O)C(=O)N(CCN(C)C)[C@@H]2c2ccc(Cl)c(Cl)c2)ccc1OCC(C)C. The van der Waals surface area contributed by atoms with Crippen LogP contribution in [0.1, 0.15) is 36.6 Å². The van der Waals surface area contributed by atoms with Gasteiger partial charge in [0.15, 0.2) is 0 Å². The zero-order valence-electron chi connectivity index (χ0n) is 20.1. The molecule has 0 aliphatic carbocycles. The Balaban J connectivity index is 2.10. The van der Waals surface area contributed by atoms with Crippen LogP contribution in [0, 0.1) is 12.8 Å². The van der Waals surface area contributed by atoms with Crippen LogP contribution in [-0.4, -0.2) is 60.4 Å². The second-order valence-corrected chi connectivity index (χ2v) is 9.97. The first-order valence-electron chi connectivity index (χ1n) is 11.1. The smallest absolute Gasteiger partial charge is 0.295 e. The first-order valence-corrected chi connectivity index (χ1v) is 11.9. The molecule has 1 heterocycles. The minimum Gasteiger partial charge on any atom is -0.507 e. The lowest BCUT2D eigenvalue weighted by atomic mass is 9.94. The first kappa shape index (κ1) is 26.1. The van der Waals surface area contributed by atoms with E-state index >= 15 is 0 Å². The van der Waals surface area contributed by atoms with Crippen molar-refractivity contribution in [2.75, 3.05) is 33.8 Å². The lowest BCUT2D eigenvalue weighted by Gasteiger charge is -2.26. The molecule has 2 aromatic rings. The molecule has 34 heavy (non-hydrogen) atoms. The van der Waals surface area contributed by atoms with Gasteiger partial charge >= 0.3 is 0 Å². The van der Waals surface area contributed by atoms with Crippen LogP contribution in [0.5, 0.6) is 5.75 Å². The Morgan fingerprint density at radius 2 is 1.82 bits per heavy atom. The number of hydrogen-bond acceptors (Lipinski definition) is 5. The molecule has 1 N–H and O–H groups in total. The number of carbonyl (C=O) groups excluding carboxylic acids is 2. The Labute approximate surface area is 210 Å². The maximum atomic E-state index is 13.1. The van der Waals surface area contributed by atoms with Crippen LogP contribution >= 0.6 is 23.2 Å². The number of carbonyl (C=O) groups is 2. The van der Waals surface area contributed by atoms with Gasteiger partial charge in [0, 0.05) is 18.7 Å². The van der Waals surface area contributed by atoms with E-state index in [2.05, 4.69) is 13.8 Å². The standard InChI is InChI=1S/C26H30Cl2N2O4/c1-15(2)14-34-21-9-7-18(12-16(21)3)24(31)22-23(17-6-8-19(27)20(28)13-17)30(11-10-29(4)5)26(33)25(22)32/h6-9,12-13,15,23,31H,10-11,14H2,1-5H3/t23-/m1/s1. The molecule has 2 aromatic carbocycles. The Bertz CT molecular complexity index is 1130. The molecule has 1 aliphatic rings. The van der Waals surface area contributed by atoms with Gasteiger partial charge in [-0.15, -0.1) is 0 Å². The molecule has 0 radical (unpaired) electrons. The summed E-state index contributed by atoms with van der Waals surface area (Å²) in [5.74, 6) is -0.548. The summed E-state index contributed by atoms with van der Waals surface area (Å²) in [5.41, 5.74) is 1.88. The number of aliphatic hydroxyl groups excluding tert-OH is 1. The van der Waals surface area contributed by atoms with E-state index in [4.69, 9.17) is 27.9 Å². The molecule has 1 saturated heterocycles. The number of aliphatic hydroxyl groups is 1. The number of hydrogen-bond donors (Lipinski definition) is 1. The van der Waals surface area contributed by atoms with E-state index in [1.165, 1.54) is 4.90 Å². The molecular weight excluding hydrogens is 475 g/mol. The number of aryl methyl sites for hydroxylation is 1. The van der Waals surface area contributed by atoms with Gasteiger partial charge in [0.1, 0.15) is 11.5 Å². The predicted octanol–water partition coefficient (Wildman–Crippen LogP) is 5.32. The fourth-order valence-corrected chi connectivity index (χ4v) is 4.12. The minimum atomic E-state index is -0.785. The van der Waals surface area contributed by atoms with Gasteiger partial charge in [-0.2, -0.15) is 0 Å². The quantitative estimate of drug-likeness (QED) is 0.299. The molecule has 8 heteroatoms. The molecule has 6 nitrogen and oxygen atoms in total. The van der Waals surface area contributed by atoms with Crippen LogP contribution in [0.2, 0.25) is 10.0 Å². The van der Waals surface area contributed by atoms with Gasteiger partial charge in [-0.25, -0.2) is 0 Å². The first-order chi connectivity index (χ1) is 16.0. The minimum absolute atomic E-state index is 0.0254. The van der Waals surface area contributed by atoms with Crippen molar-refractivity contribution in [2.45, 2.75) is 26.8 Å². The Kier molecular flexibility index (Phi) is 8.29. The second kappa shape index (κ2) is 10.8. The van der Waals surface area contributed by atoms with Crippen molar-refractivity contribution in [3.8, 4) is 5.75 Å². The van der Waals surface area contributed by atoms with Crippen molar-refractivity contribution in [3.63, 3.8) is 0 Å². The van der Waals surface area contributed by atoms with Crippen LogP contribution in [-0.2, 0) is 9.59 Å². The number of ether oxygens (including phenoxy) is 1. The van der Waals surface area contributed by atoms with E-state index in [9.17, 15) is 14.7 Å². The van der Waals surface area contributed by atoms with Gasteiger partial charge in [0.05, 0.1) is 28.3 Å². The molecule has 1 fully saturated rings. The van der Waals surface area contributed by atoms with Crippen molar-refractivity contribution >= 4 is 40.7 Å². The molecular formula is C26H30Cl2N2O4. The molecule has 1 amide bonds. The molecule has 0 saturated carbocycles. The maximum Gasteiger partial charge on any atom is 0.295 e. The summed E-state index contributed by atoms with van der Waals surface area (Å²) in [7, 11) is 3.77. The molecule has 0 bridgehead atoms. The number of benzene rings is 2. The van der Waals surface area contributed by atoms with Crippen LogP contribution in [0.25, 0.3) is 5.76 Å². The van der Waals surface area contributed by atoms with Crippen LogP contribution in [0.15, 0.2) is 42.0 Å². The number of amides is 1. The number of likely N-dealkylation sites (tertiary alicyclic amines) is 1. The summed E-state index contributed by atoms with van der Waals surface area (Å²) >= 11 is 12.4. The number of likely N-dealkylation sites (N-methyl/N-ethyl adjacent to an activating group) is 1. The normalized spacial score (nSPS) is 17.8. The number of Topliss-reactive ketones (excluding diaryl/α,β-unsaturated/α-hetero) is 1. The highest BCUT2D eigenvalue weighted by Gasteiger charge is 2.46. The molecule has 0 aromatic heterocycles. The molecule has 3 rings (SSSR count). The van der Waals surface area contributed by atoms with Crippen molar-refractivity contribution in [1.29, 1.82) is 0 Å². The molecule has 0 spiro atoms. The summed E-state index contributed by atoms with van der Waals surface area (Å²) in [6.45, 7) is 7.42. The summed E-state index contributed by atoms with van der Waals surface area (Å²) in [6.07, 6.45) is 0. The topological polar surface area (TPSA) is 70.1 Å². The number of nitrogens with zero attached hydrogens (tertiary/aromatic N) is 2. The third-order valence-electron chi connectivity index (χ3n) is 5.61. The summed E-state index contributed by atoms with van der Waals surface area (Å²) < 4.78 is 5.82. The van der Waals surface area contributed by atoms with E-state index in [-0.39, 0.29) is 11.3 Å². The molecule has 1 aliphatic heterocycles. The average molecular weight is 505 g/mol. The van der Waals surface area contributed by atoms with Crippen LogP contribution < -0.4 is 4.74 Å². The van der Waals surface area contributed by atoms with Crippen LogP contribution in [0.3, 0.4) is 0 Å². The fraction of sp³-hybridized carbons (Fsp3) is 0.385. The van der Waals surface area contributed by atoms with E-state index < -0.39 is 17.7 Å². The van der Waals surface area contributed by atoms with E-state index in [1.54, 1.807) is 36.4 Å². The molecule has 1 atom stereocenters. The summed E-state index contributed by atoms with van der Waals surface area (Å²) in [4.78, 5) is 29.5. The van der Waals surface area contributed by atoms with Crippen molar-refractivity contribution in [3.05, 3.63) is 68.7 Å². The Hall–Kier alpha value is -2.54. The van der Waals surface area contributed by atoms with Gasteiger partial charge in [-0.3, -0.25) is 9.59 Å². The third kappa shape index (κ3) is 5.57. The van der Waals surface area contributed by atoms with Crippen LogP contribution in [0.4, 0.5) is 0 Å². The van der Waals surface area contributed by atoms with Crippen molar-refractivity contribution in [2.24, 2.45) is 5.92 Å². The zero-order chi connectivity index (χ0) is 25.2. The number of rotatable bonds is 8. The second-order valence-electron chi connectivity index (χ2n) is 9.15. The number of halogens is 2. The lowest BCUT2D eigenvalue weighted by molar-refractivity contribution is -0.140. The third-order valence-corrected chi connectivity index (χ3v) is 6.35. The van der Waals surface area contributed by atoms with Gasteiger partial charge < -0.3 is 19.6 Å². The average Bonchev–Trinajstić information content (AvgIpc) is 3.02. The predicted molar refractivity (Wildman–Crippen MR) is 136 cm³/mol. The highest BCUT2D eigenvalue weighted by molar-refractivity contribution is 6.46. The van der Waals surface area contributed by atoms with Crippen molar-refractivity contribution in [1.82, 2.24) is 9.80 Å². The van der Waals surface area contributed by atoms with E-state index in [0.29, 0.717) is 52.5 Å². The fourth-order valence-electron chi connectivity index (χ4n) is 3.82. The largest absolute Gasteiger partial charge is 0.507 e. The van der Waals surface area contributed by atoms with Gasteiger partial charge in [0.2, 0.25) is 0 Å². The maximum absolute atomic E-state index is 13.1. The summed E-state index contributed by atoms with van der Waals surface area (Å²) in [6, 6.07) is 9.40. The number of ketones is 1. The Morgan fingerprint density at radius 1 is 1.12 bits per heavy atom. The van der Waals surface area contributed by atoms with Crippen molar-refractivity contribution < 1.29 is 19.4 Å².